The fourth-order valence-electron chi connectivity index (χ4n) is 5.53. The van der Waals surface area contributed by atoms with E-state index in [-0.39, 0.29) is 6.54 Å². The van der Waals surface area contributed by atoms with E-state index in [0.717, 1.165) is 61.2 Å². The summed E-state index contributed by atoms with van der Waals surface area (Å²) in [7, 11) is 0. The third-order valence-corrected chi connectivity index (χ3v) is 7.65. The molecule has 3 aromatic rings. The van der Waals surface area contributed by atoms with Gasteiger partial charge in [0.2, 0.25) is 5.91 Å². The topological polar surface area (TPSA) is 113 Å². The predicted molar refractivity (Wildman–Crippen MR) is 144 cm³/mol. The Morgan fingerprint density at radius 3 is 2.46 bits per heavy atom. The van der Waals surface area contributed by atoms with Gasteiger partial charge in [-0.05, 0) is 87.1 Å². The maximum atomic E-state index is 11.5. The Morgan fingerprint density at radius 1 is 1.05 bits per heavy atom. The average molecular weight is 502 g/mol. The fourth-order valence-corrected chi connectivity index (χ4v) is 5.53. The predicted octanol–water partition coefficient (Wildman–Crippen LogP) is 3.46. The van der Waals surface area contributed by atoms with Crippen LogP contribution in [0.4, 0.5) is 0 Å². The second-order valence-electron chi connectivity index (χ2n) is 10.3. The number of fused-ring (bicyclic) bond motifs is 1. The van der Waals surface area contributed by atoms with Crippen LogP contribution in [-0.4, -0.2) is 64.4 Å². The molecule has 4 N–H and O–H groups in total. The number of carbonyl (C=O) groups is 2. The summed E-state index contributed by atoms with van der Waals surface area (Å²) in [5.74, 6) is -0.308. The number of rotatable bonds is 8. The summed E-state index contributed by atoms with van der Waals surface area (Å²) in [6.45, 7) is 4.35. The van der Waals surface area contributed by atoms with E-state index >= 15 is 0 Å². The number of carboxylic acid groups (broad SMARTS) is 1. The third kappa shape index (κ3) is 6.09. The molecule has 0 bridgehead atoms. The lowest BCUT2D eigenvalue weighted by atomic mass is 9.91. The summed E-state index contributed by atoms with van der Waals surface area (Å²) in [5.41, 5.74) is 10.3. The van der Waals surface area contributed by atoms with Crippen LogP contribution in [0.5, 0.6) is 0 Å². The lowest BCUT2D eigenvalue weighted by Gasteiger charge is -2.30. The van der Waals surface area contributed by atoms with Gasteiger partial charge in [0.25, 0.3) is 0 Å². The molecule has 0 atom stereocenters. The maximum absolute atomic E-state index is 11.5. The van der Waals surface area contributed by atoms with E-state index in [9.17, 15) is 9.59 Å². The summed E-state index contributed by atoms with van der Waals surface area (Å²) < 4.78 is 2.06. The molecule has 37 heavy (non-hydrogen) atoms. The Labute approximate surface area is 217 Å². The zero-order chi connectivity index (χ0) is 25.8. The van der Waals surface area contributed by atoms with Gasteiger partial charge < -0.3 is 16.2 Å². The van der Waals surface area contributed by atoms with Gasteiger partial charge in [-0.2, -0.15) is 5.10 Å². The van der Waals surface area contributed by atoms with Crippen molar-refractivity contribution in [1.82, 2.24) is 20.0 Å². The van der Waals surface area contributed by atoms with Gasteiger partial charge in [-0.3, -0.25) is 19.2 Å². The van der Waals surface area contributed by atoms with Crippen LogP contribution in [0.2, 0.25) is 0 Å². The van der Waals surface area contributed by atoms with Gasteiger partial charge in [0.05, 0.1) is 24.3 Å². The molecule has 3 heterocycles. The molecule has 194 valence electrons. The van der Waals surface area contributed by atoms with Gasteiger partial charge in [-0.1, -0.05) is 36.4 Å². The normalized spacial score (nSPS) is 18.1. The number of carboxylic acids is 1. The van der Waals surface area contributed by atoms with Crippen molar-refractivity contribution >= 4 is 28.9 Å². The van der Waals surface area contributed by atoms with Gasteiger partial charge in [0.1, 0.15) is 0 Å². The highest BCUT2D eigenvalue weighted by Gasteiger charge is 2.26. The molecular weight excluding hydrogens is 466 g/mol. The fraction of sp³-hybridized carbons (Fsp3) is 0.414. The van der Waals surface area contributed by atoms with Crippen molar-refractivity contribution in [3.63, 3.8) is 0 Å². The van der Waals surface area contributed by atoms with Crippen molar-refractivity contribution in [3.05, 3.63) is 70.9 Å². The van der Waals surface area contributed by atoms with Gasteiger partial charge in [-0.25, -0.2) is 0 Å². The number of nitrogens with zero attached hydrogens (tertiary/aromatic N) is 3. The smallest absolute Gasteiger partial charge is 0.317 e. The summed E-state index contributed by atoms with van der Waals surface area (Å²) in [4.78, 5) is 24.6. The first-order valence-electron chi connectivity index (χ1n) is 13.2. The highest BCUT2D eigenvalue weighted by molar-refractivity contribution is 5.92. The molecule has 2 aliphatic rings. The van der Waals surface area contributed by atoms with Gasteiger partial charge in [0, 0.05) is 16.9 Å². The zero-order valence-corrected chi connectivity index (χ0v) is 21.1. The first-order valence-corrected chi connectivity index (χ1v) is 13.2. The molecule has 1 aromatic heterocycles. The first kappa shape index (κ1) is 25.2. The van der Waals surface area contributed by atoms with Crippen molar-refractivity contribution in [2.75, 3.05) is 32.7 Å². The minimum absolute atomic E-state index is 0.0932. The maximum Gasteiger partial charge on any atom is 0.317 e. The van der Waals surface area contributed by atoms with Crippen molar-refractivity contribution in [3.8, 4) is 0 Å². The van der Waals surface area contributed by atoms with Gasteiger partial charge >= 0.3 is 5.97 Å². The molecule has 2 aromatic carbocycles. The van der Waals surface area contributed by atoms with Gasteiger partial charge in [0.15, 0.2) is 0 Å². The number of allylic oxidation sites excluding steroid dienone is 1. The molecule has 0 radical (unpaired) electrons. The van der Waals surface area contributed by atoms with Crippen LogP contribution in [0.15, 0.2) is 48.5 Å². The van der Waals surface area contributed by atoms with Crippen molar-refractivity contribution in [1.29, 1.82) is 0 Å². The number of nitrogens with one attached hydrogen (secondary N) is 1. The Balaban J connectivity index is 1.43. The molecule has 2 fully saturated rings. The lowest BCUT2D eigenvalue weighted by Crippen LogP contribution is -2.36. The third-order valence-electron chi connectivity index (χ3n) is 7.65. The molecule has 5 rings (SSSR count). The van der Waals surface area contributed by atoms with Crippen LogP contribution < -0.4 is 11.1 Å². The second-order valence-corrected chi connectivity index (χ2v) is 10.3. The number of nitrogens with two attached hydrogens (primary N) is 1. The molecule has 0 aliphatic carbocycles. The van der Waals surface area contributed by atoms with Crippen LogP contribution in [0.3, 0.4) is 0 Å². The second kappa shape index (κ2) is 11.3. The molecule has 0 spiro atoms. The Hall–Kier alpha value is -3.49. The van der Waals surface area contributed by atoms with Crippen LogP contribution in [-0.2, 0) is 11.3 Å². The van der Waals surface area contributed by atoms with E-state index in [4.69, 9.17) is 15.9 Å². The van der Waals surface area contributed by atoms with Crippen LogP contribution >= 0.6 is 0 Å². The molecular formula is C29H35N5O3. The quantitative estimate of drug-likeness (QED) is 0.436. The summed E-state index contributed by atoms with van der Waals surface area (Å²) in [6, 6.07) is 14.0. The zero-order valence-electron chi connectivity index (χ0n) is 21.1. The van der Waals surface area contributed by atoms with Gasteiger partial charge in [-0.15, -0.1) is 0 Å². The van der Waals surface area contributed by atoms with E-state index in [2.05, 4.69) is 40.3 Å². The number of aliphatic carboxylic acids is 1. The molecule has 2 saturated heterocycles. The molecule has 0 unspecified atom stereocenters. The number of hydrogen-bond acceptors (Lipinski definition) is 5. The lowest BCUT2D eigenvalue weighted by molar-refractivity contribution is -0.138. The van der Waals surface area contributed by atoms with Crippen LogP contribution in [0, 0.1) is 5.92 Å². The van der Waals surface area contributed by atoms with Crippen molar-refractivity contribution < 1.29 is 14.7 Å². The SMILES string of the molecule is NC(=O)c1ccc(Cn2nc(C3CCN(CC(=O)O)CC3)c3ccc(/C=C/C4CCNCC4)cc32)cc1. The molecule has 0 saturated carbocycles. The Morgan fingerprint density at radius 2 is 1.78 bits per heavy atom. The first-order chi connectivity index (χ1) is 18.0. The highest BCUT2D eigenvalue weighted by Crippen LogP contribution is 2.33. The summed E-state index contributed by atoms with van der Waals surface area (Å²) >= 11 is 0. The highest BCUT2D eigenvalue weighted by atomic mass is 16.4. The van der Waals surface area contributed by atoms with Crippen molar-refractivity contribution in [2.45, 2.75) is 38.1 Å². The van der Waals surface area contributed by atoms with Crippen LogP contribution in [0.1, 0.15) is 58.8 Å². The molecule has 8 heteroatoms. The van der Waals surface area contributed by atoms with E-state index in [0.29, 0.717) is 23.9 Å². The van der Waals surface area contributed by atoms with E-state index < -0.39 is 11.9 Å². The van der Waals surface area contributed by atoms with Crippen molar-refractivity contribution in [2.24, 2.45) is 11.7 Å². The standard InChI is InChI=1S/C29H35N5O3/c30-29(37)24-6-3-22(4-7-24)18-34-26-17-21(2-1-20-9-13-31-14-10-20)5-8-25(26)28(32-34)23-11-15-33(16-12-23)19-27(35)36/h1-8,17,20,23,31H,9-16,18-19H2,(H2,30,37)(H,35,36)/b2-1+. The van der Waals surface area contributed by atoms with E-state index in [1.807, 2.05) is 17.0 Å². The van der Waals surface area contributed by atoms with E-state index in [1.165, 1.54) is 18.4 Å². The Bertz CT molecular complexity index is 1280. The number of amides is 1. The van der Waals surface area contributed by atoms with Crippen LogP contribution in [0.25, 0.3) is 17.0 Å². The van der Waals surface area contributed by atoms with E-state index in [1.54, 1.807) is 12.1 Å². The number of aromatic nitrogens is 2. The summed E-state index contributed by atoms with van der Waals surface area (Å²) in [6.07, 6.45) is 8.70. The summed E-state index contributed by atoms with van der Waals surface area (Å²) in [5, 5.41) is 18.8. The largest absolute Gasteiger partial charge is 0.480 e. The molecule has 1 amide bonds. The number of piperidine rings is 2. The number of carbonyl (C=O) groups excluding carboxylic acids is 1. The number of primary amides is 1. The monoisotopic (exact) mass is 501 g/mol. The number of likely N-dealkylation sites (tertiary alicyclic amines) is 1. The number of hydrogen-bond donors (Lipinski definition) is 3. The molecule has 2 aliphatic heterocycles. The Kier molecular flexibility index (Phi) is 7.67. The average Bonchev–Trinajstić information content (AvgIpc) is 3.26. The molecule has 8 nitrogen and oxygen atoms in total. The minimum atomic E-state index is -0.777. The minimum Gasteiger partial charge on any atom is -0.480 e. The number of benzene rings is 2.